The molecule has 1 aromatic rings. The van der Waals surface area contributed by atoms with Crippen LogP contribution in [0.15, 0.2) is 30.3 Å². The van der Waals surface area contributed by atoms with Crippen LogP contribution in [0.25, 0.3) is 0 Å². The second-order valence-electron chi connectivity index (χ2n) is 5.52. The van der Waals surface area contributed by atoms with Gasteiger partial charge in [-0.15, -0.1) is 0 Å². The Bertz CT molecular complexity index is 479. The van der Waals surface area contributed by atoms with Crippen molar-refractivity contribution in [1.29, 1.82) is 0 Å². The third kappa shape index (κ3) is 3.24. The number of nitrogens with zero attached hydrogens (tertiary/aromatic N) is 1. The SMILES string of the molecule is CC(C)(C)OC(=O)N1NC(=O)CC1c1ccccc1. The van der Waals surface area contributed by atoms with Crippen molar-refractivity contribution in [2.24, 2.45) is 0 Å². The number of amides is 2. The molecule has 1 aliphatic heterocycles. The Morgan fingerprint density at radius 1 is 1.32 bits per heavy atom. The number of carbonyl (C=O) groups is 2. The first-order valence-electron chi connectivity index (χ1n) is 6.23. The number of ether oxygens (including phenoxy) is 1. The lowest BCUT2D eigenvalue weighted by Gasteiger charge is -2.27. The fraction of sp³-hybridized carbons (Fsp3) is 0.429. The Morgan fingerprint density at radius 2 is 1.95 bits per heavy atom. The summed E-state index contributed by atoms with van der Waals surface area (Å²) >= 11 is 0. The molecule has 0 saturated carbocycles. The van der Waals surface area contributed by atoms with Crippen LogP contribution in [0.4, 0.5) is 4.79 Å². The maximum Gasteiger partial charge on any atom is 0.429 e. The van der Waals surface area contributed by atoms with Crippen molar-refractivity contribution in [3.63, 3.8) is 0 Å². The maximum atomic E-state index is 12.1. The zero-order valence-corrected chi connectivity index (χ0v) is 11.3. The van der Waals surface area contributed by atoms with Crippen LogP contribution >= 0.6 is 0 Å². The molecule has 1 N–H and O–H groups in total. The second-order valence-corrected chi connectivity index (χ2v) is 5.52. The monoisotopic (exact) mass is 262 g/mol. The van der Waals surface area contributed by atoms with Crippen LogP contribution in [0.3, 0.4) is 0 Å². The quantitative estimate of drug-likeness (QED) is 0.845. The van der Waals surface area contributed by atoms with Gasteiger partial charge >= 0.3 is 6.09 Å². The van der Waals surface area contributed by atoms with Gasteiger partial charge in [0.2, 0.25) is 5.91 Å². The molecule has 19 heavy (non-hydrogen) atoms. The topological polar surface area (TPSA) is 58.6 Å². The summed E-state index contributed by atoms with van der Waals surface area (Å²) in [6, 6.07) is 9.12. The number of nitrogens with one attached hydrogen (secondary N) is 1. The van der Waals surface area contributed by atoms with E-state index >= 15 is 0 Å². The van der Waals surface area contributed by atoms with Crippen LogP contribution in [0.2, 0.25) is 0 Å². The summed E-state index contributed by atoms with van der Waals surface area (Å²) < 4.78 is 5.29. The average Bonchev–Trinajstić information content (AvgIpc) is 2.70. The summed E-state index contributed by atoms with van der Waals surface area (Å²) in [6.07, 6.45) is -0.282. The molecule has 0 spiro atoms. The standard InChI is InChI=1S/C14H18N2O3/c1-14(2,3)19-13(18)16-11(9-12(17)15-16)10-7-5-4-6-8-10/h4-8,11H,9H2,1-3H3,(H,15,17). The molecule has 1 unspecified atom stereocenters. The fourth-order valence-electron chi connectivity index (χ4n) is 1.95. The Labute approximate surface area is 112 Å². The molecule has 0 bridgehead atoms. The predicted molar refractivity (Wildman–Crippen MR) is 70.0 cm³/mol. The highest BCUT2D eigenvalue weighted by Gasteiger charge is 2.37. The van der Waals surface area contributed by atoms with E-state index in [1.807, 2.05) is 30.3 Å². The van der Waals surface area contributed by atoms with Gasteiger partial charge in [-0.25, -0.2) is 9.80 Å². The van der Waals surface area contributed by atoms with Crippen molar-refractivity contribution < 1.29 is 14.3 Å². The minimum atomic E-state index is -0.592. The first kappa shape index (κ1) is 13.4. The van der Waals surface area contributed by atoms with E-state index in [0.717, 1.165) is 5.56 Å². The van der Waals surface area contributed by atoms with Gasteiger partial charge in [-0.05, 0) is 26.3 Å². The maximum absolute atomic E-state index is 12.1. The van der Waals surface area contributed by atoms with Crippen LogP contribution in [0.5, 0.6) is 0 Å². The van der Waals surface area contributed by atoms with Crippen LogP contribution in [-0.2, 0) is 9.53 Å². The molecule has 1 saturated heterocycles. The van der Waals surface area contributed by atoms with Gasteiger partial charge in [-0.2, -0.15) is 0 Å². The molecule has 5 heteroatoms. The summed E-state index contributed by atoms with van der Waals surface area (Å²) in [6.45, 7) is 5.38. The summed E-state index contributed by atoms with van der Waals surface area (Å²) in [7, 11) is 0. The molecule has 2 rings (SSSR count). The highest BCUT2D eigenvalue weighted by Crippen LogP contribution is 2.28. The molecule has 0 aliphatic carbocycles. The van der Waals surface area contributed by atoms with E-state index in [0.29, 0.717) is 0 Å². The van der Waals surface area contributed by atoms with Gasteiger partial charge in [-0.3, -0.25) is 10.2 Å². The summed E-state index contributed by atoms with van der Waals surface area (Å²) in [5.41, 5.74) is 2.86. The molecular formula is C14H18N2O3. The molecule has 1 aliphatic rings. The van der Waals surface area contributed by atoms with Crippen molar-refractivity contribution in [3.8, 4) is 0 Å². The van der Waals surface area contributed by atoms with E-state index in [4.69, 9.17) is 4.74 Å². The van der Waals surface area contributed by atoms with Gasteiger partial charge in [0.25, 0.3) is 0 Å². The molecule has 5 nitrogen and oxygen atoms in total. The number of rotatable bonds is 1. The molecular weight excluding hydrogens is 244 g/mol. The van der Waals surface area contributed by atoms with Crippen molar-refractivity contribution in [1.82, 2.24) is 10.4 Å². The number of benzene rings is 1. The first-order chi connectivity index (χ1) is 8.87. The van der Waals surface area contributed by atoms with Crippen LogP contribution in [0, 0.1) is 0 Å². The van der Waals surface area contributed by atoms with E-state index < -0.39 is 11.7 Å². The third-order valence-electron chi connectivity index (χ3n) is 2.71. The van der Waals surface area contributed by atoms with Crippen LogP contribution < -0.4 is 5.43 Å². The lowest BCUT2D eigenvalue weighted by Crippen LogP contribution is -2.43. The smallest absolute Gasteiger partial charge is 0.429 e. The van der Waals surface area contributed by atoms with E-state index in [2.05, 4.69) is 5.43 Å². The first-order valence-corrected chi connectivity index (χ1v) is 6.23. The summed E-state index contributed by atoms with van der Waals surface area (Å²) in [4.78, 5) is 23.6. The van der Waals surface area contributed by atoms with E-state index in [-0.39, 0.29) is 18.4 Å². The molecule has 0 radical (unpaired) electrons. The van der Waals surface area contributed by atoms with Crippen molar-refractivity contribution in [2.45, 2.75) is 38.8 Å². The summed E-state index contributed by atoms with van der Waals surface area (Å²) in [5.74, 6) is -0.181. The Kier molecular flexibility index (Phi) is 3.46. The predicted octanol–water partition coefficient (Wildman–Crippen LogP) is 2.40. The van der Waals surface area contributed by atoms with Crippen molar-refractivity contribution in [2.75, 3.05) is 0 Å². The van der Waals surface area contributed by atoms with Gasteiger partial charge in [0.15, 0.2) is 0 Å². The molecule has 1 atom stereocenters. The van der Waals surface area contributed by atoms with Gasteiger partial charge in [0.05, 0.1) is 12.5 Å². The minimum Gasteiger partial charge on any atom is -0.442 e. The normalized spacial score (nSPS) is 19.2. The van der Waals surface area contributed by atoms with Gasteiger partial charge < -0.3 is 4.74 Å². The van der Waals surface area contributed by atoms with E-state index in [1.54, 1.807) is 20.8 Å². The van der Waals surface area contributed by atoms with Gasteiger partial charge in [-0.1, -0.05) is 30.3 Å². The van der Waals surface area contributed by atoms with Gasteiger partial charge in [0.1, 0.15) is 5.60 Å². The van der Waals surface area contributed by atoms with Crippen molar-refractivity contribution >= 4 is 12.0 Å². The van der Waals surface area contributed by atoms with Crippen molar-refractivity contribution in [3.05, 3.63) is 35.9 Å². The molecule has 1 fully saturated rings. The lowest BCUT2D eigenvalue weighted by atomic mass is 10.0. The van der Waals surface area contributed by atoms with Gasteiger partial charge in [0, 0.05) is 0 Å². The molecule has 1 aromatic carbocycles. The van der Waals surface area contributed by atoms with Crippen LogP contribution in [-0.4, -0.2) is 22.6 Å². The highest BCUT2D eigenvalue weighted by atomic mass is 16.6. The number of carbonyl (C=O) groups excluding carboxylic acids is 2. The Morgan fingerprint density at radius 3 is 2.53 bits per heavy atom. The van der Waals surface area contributed by atoms with E-state index in [9.17, 15) is 9.59 Å². The largest absolute Gasteiger partial charge is 0.442 e. The molecule has 0 aromatic heterocycles. The highest BCUT2D eigenvalue weighted by molar-refractivity contribution is 5.83. The zero-order chi connectivity index (χ0) is 14.0. The zero-order valence-electron chi connectivity index (χ0n) is 11.3. The minimum absolute atomic E-state index is 0.181. The third-order valence-corrected chi connectivity index (χ3v) is 2.71. The fourth-order valence-corrected chi connectivity index (χ4v) is 1.95. The lowest BCUT2D eigenvalue weighted by molar-refractivity contribution is -0.121. The number of hydrazine groups is 1. The Hall–Kier alpha value is -2.04. The average molecular weight is 262 g/mol. The number of hydrogen-bond acceptors (Lipinski definition) is 3. The molecule has 2 amide bonds. The molecule has 1 heterocycles. The number of hydrogen-bond donors (Lipinski definition) is 1. The Balaban J connectivity index is 2.19. The van der Waals surface area contributed by atoms with Crippen LogP contribution in [0.1, 0.15) is 38.8 Å². The second kappa shape index (κ2) is 4.91. The summed E-state index contributed by atoms with van der Waals surface area (Å²) in [5, 5.41) is 1.27. The van der Waals surface area contributed by atoms with E-state index in [1.165, 1.54) is 5.01 Å². The molecule has 102 valence electrons.